The van der Waals surface area contributed by atoms with Crippen molar-refractivity contribution in [3.8, 4) is 0 Å². The number of benzene rings is 1. The van der Waals surface area contributed by atoms with Crippen molar-refractivity contribution in [1.29, 1.82) is 0 Å². The predicted octanol–water partition coefficient (Wildman–Crippen LogP) is 2.24. The third-order valence-corrected chi connectivity index (χ3v) is 4.20. The first-order valence-corrected chi connectivity index (χ1v) is 6.65. The summed E-state index contributed by atoms with van der Waals surface area (Å²) in [6.07, 6.45) is 2.08. The largest absolute Gasteiger partial charge is 0.354 e. The van der Waals surface area contributed by atoms with Crippen molar-refractivity contribution in [2.24, 2.45) is 17.1 Å². The van der Waals surface area contributed by atoms with Crippen LogP contribution in [-0.4, -0.2) is 12.5 Å². The molecule has 18 heavy (non-hydrogen) atoms. The summed E-state index contributed by atoms with van der Waals surface area (Å²) >= 11 is 0. The number of amides is 1. The molecule has 0 saturated heterocycles. The highest BCUT2D eigenvalue weighted by molar-refractivity contribution is 5.82. The van der Waals surface area contributed by atoms with Crippen molar-refractivity contribution >= 4 is 5.91 Å². The first-order valence-electron chi connectivity index (χ1n) is 6.65. The normalized spacial score (nSPS) is 27.6. The molecule has 0 spiro atoms. The van der Waals surface area contributed by atoms with Crippen molar-refractivity contribution in [3.63, 3.8) is 0 Å². The number of nitrogens with one attached hydrogen (secondary N) is 1. The minimum absolute atomic E-state index is 0.123. The Bertz CT molecular complexity index is 418. The number of hydrogen-bond donors (Lipinski definition) is 2. The minimum Gasteiger partial charge on any atom is -0.354 e. The molecule has 1 saturated carbocycles. The molecular weight excluding hydrogens is 224 g/mol. The topological polar surface area (TPSA) is 55.1 Å². The fourth-order valence-electron chi connectivity index (χ4n) is 2.36. The quantitative estimate of drug-likeness (QED) is 0.837. The molecule has 3 atom stereocenters. The summed E-state index contributed by atoms with van der Waals surface area (Å²) in [4.78, 5) is 11.9. The van der Waals surface area contributed by atoms with E-state index in [0.29, 0.717) is 6.54 Å². The van der Waals surface area contributed by atoms with Gasteiger partial charge < -0.3 is 11.1 Å². The van der Waals surface area contributed by atoms with E-state index in [1.54, 1.807) is 0 Å². The van der Waals surface area contributed by atoms with E-state index in [2.05, 4.69) is 19.2 Å². The van der Waals surface area contributed by atoms with Gasteiger partial charge in [-0.2, -0.15) is 0 Å². The van der Waals surface area contributed by atoms with E-state index in [0.717, 1.165) is 18.4 Å². The molecule has 0 heterocycles. The highest BCUT2D eigenvalue weighted by Gasteiger charge is 2.52. The first kappa shape index (κ1) is 13.1. The molecule has 1 aromatic carbocycles. The molecular formula is C15H22N2O. The number of hydrogen-bond acceptors (Lipinski definition) is 2. The SMILES string of the molecule is CCC1(C)CC1C(=O)NCC(N)c1ccccc1. The Morgan fingerprint density at radius 3 is 2.72 bits per heavy atom. The van der Waals surface area contributed by atoms with Gasteiger partial charge in [0, 0.05) is 18.5 Å². The monoisotopic (exact) mass is 246 g/mol. The summed E-state index contributed by atoms with van der Waals surface area (Å²) in [6.45, 7) is 4.83. The molecule has 1 aliphatic rings. The van der Waals surface area contributed by atoms with Crippen LogP contribution >= 0.6 is 0 Å². The van der Waals surface area contributed by atoms with Crippen molar-refractivity contribution < 1.29 is 4.79 Å². The molecule has 3 unspecified atom stereocenters. The molecule has 0 aromatic heterocycles. The van der Waals surface area contributed by atoms with Crippen molar-refractivity contribution in [2.75, 3.05) is 6.54 Å². The second kappa shape index (κ2) is 5.11. The van der Waals surface area contributed by atoms with Gasteiger partial charge in [0.2, 0.25) is 5.91 Å². The second-order valence-corrected chi connectivity index (χ2v) is 5.53. The van der Waals surface area contributed by atoms with Crippen LogP contribution in [0.4, 0.5) is 0 Å². The third-order valence-electron chi connectivity index (χ3n) is 4.20. The average molecular weight is 246 g/mol. The first-order chi connectivity index (χ1) is 8.57. The van der Waals surface area contributed by atoms with Gasteiger partial charge in [-0.15, -0.1) is 0 Å². The highest BCUT2D eigenvalue weighted by Crippen LogP contribution is 2.54. The lowest BCUT2D eigenvalue weighted by molar-refractivity contribution is -0.123. The Morgan fingerprint density at radius 1 is 1.50 bits per heavy atom. The molecule has 0 bridgehead atoms. The maximum Gasteiger partial charge on any atom is 0.223 e. The number of carbonyl (C=O) groups excluding carboxylic acids is 1. The lowest BCUT2D eigenvalue weighted by Gasteiger charge is -2.14. The number of nitrogens with two attached hydrogens (primary N) is 1. The van der Waals surface area contributed by atoms with Gasteiger partial charge in [-0.3, -0.25) is 4.79 Å². The Balaban J connectivity index is 1.81. The van der Waals surface area contributed by atoms with Crippen LogP contribution in [0.15, 0.2) is 30.3 Å². The summed E-state index contributed by atoms with van der Waals surface area (Å²) < 4.78 is 0. The Kier molecular flexibility index (Phi) is 3.71. The van der Waals surface area contributed by atoms with E-state index in [-0.39, 0.29) is 23.3 Å². The van der Waals surface area contributed by atoms with E-state index in [1.807, 2.05) is 30.3 Å². The smallest absolute Gasteiger partial charge is 0.223 e. The summed E-state index contributed by atoms with van der Waals surface area (Å²) in [5.74, 6) is 0.344. The molecule has 3 heteroatoms. The van der Waals surface area contributed by atoms with Gasteiger partial charge in [-0.25, -0.2) is 0 Å². The van der Waals surface area contributed by atoms with Crippen molar-refractivity contribution in [1.82, 2.24) is 5.32 Å². The zero-order chi connectivity index (χ0) is 13.2. The lowest BCUT2D eigenvalue weighted by Crippen LogP contribution is -2.33. The third kappa shape index (κ3) is 2.72. The van der Waals surface area contributed by atoms with Crippen LogP contribution in [0, 0.1) is 11.3 Å². The van der Waals surface area contributed by atoms with Crippen LogP contribution in [0.5, 0.6) is 0 Å². The van der Waals surface area contributed by atoms with Gasteiger partial charge in [0.1, 0.15) is 0 Å². The molecule has 98 valence electrons. The van der Waals surface area contributed by atoms with Gasteiger partial charge in [-0.05, 0) is 23.8 Å². The maximum absolute atomic E-state index is 11.9. The van der Waals surface area contributed by atoms with E-state index in [4.69, 9.17) is 5.73 Å². The van der Waals surface area contributed by atoms with Crippen LogP contribution in [0.2, 0.25) is 0 Å². The van der Waals surface area contributed by atoms with E-state index in [9.17, 15) is 4.79 Å². The minimum atomic E-state index is -0.123. The Hall–Kier alpha value is -1.35. The summed E-state index contributed by atoms with van der Waals surface area (Å²) in [5, 5.41) is 2.97. The second-order valence-electron chi connectivity index (χ2n) is 5.53. The summed E-state index contributed by atoms with van der Waals surface area (Å²) in [6, 6.07) is 9.75. The van der Waals surface area contributed by atoms with Gasteiger partial charge in [0.25, 0.3) is 0 Å². The van der Waals surface area contributed by atoms with Gasteiger partial charge in [-0.1, -0.05) is 44.2 Å². The molecule has 0 radical (unpaired) electrons. The molecule has 3 nitrogen and oxygen atoms in total. The Labute approximate surface area is 109 Å². The number of rotatable bonds is 5. The van der Waals surface area contributed by atoms with E-state index < -0.39 is 0 Å². The van der Waals surface area contributed by atoms with Gasteiger partial charge in [0.15, 0.2) is 0 Å². The molecule has 3 N–H and O–H groups in total. The molecule has 1 aromatic rings. The molecule has 1 fully saturated rings. The van der Waals surface area contributed by atoms with Crippen LogP contribution in [0.1, 0.15) is 38.3 Å². The summed E-state index contributed by atoms with van der Waals surface area (Å²) in [7, 11) is 0. The van der Waals surface area contributed by atoms with Crippen LogP contribution in [0.25, 0.3) is 0 Å². The lowest BCUT2D eigenvalue weighted by atomic mass is 10.0. The average Bonchev–Trinajstić information content (AvgIpc) is 3.10. The van der Waals surface area contributed by atoms with Crippen LogP contribution in [-0.2, 0) is 4.79 Å². The van der Waals surface area contributed by atoms with E-state index >= 15 is 0 Å². The fourth-order valence-corrected chi connectivity index (χ4v) is 2.36. The summed E-state index contributed by atoms with van der Waals surface area (Å²) in [5.41, 5.74) is 7.33. The predicted molar refractivity (Wildman–Crippen MR) is 72.9 cm³/mol. The van der Waals surface area contributed by atoms with Crippen molar-refractivity contribution in [3.05, 3.63) is 35.9 Å². The van der Waals surface area contributed by atoms with Gasteiger partial charge in [0.05, 0.1) is 0 Å². The fraction of sp³-hybridized carbons (Fsp3) is 0.533. The molecule has 1 aliphatic carbocycles. The van der Waals surface area contributed by atoms with Crippen molar-refractivity contribution in [2.45, 2.75) is 32.7 Å². The van der Waals surface area contributed by atoms with Crippen LogP contribution < -0.4 is 11.1 Å². The van der Waals surface area contributed by atoms with E-state index in [1.165, 1.54) is 0 Å². The van der Waals surface area contributed by atoms with Crippen LogP contribution in [0.3, 0.4) is 0 Å². The van der Waals surface area contributed by atoms with Gasteiger partial charge >= 0.3 is 0 Å². The molecule has 2 rings (SSSR count). The maximum atomic E-state index is 11.9. The zero-order valence-electron chi connectivity index (χ0n) is 11.1. The standard InChI is InChI=1S/C15H22N2O/c1-3-15(2)9-12(15)14(18)17-10-13(16)11-7-5-4-6-8-11/h4-8,12-13H,3,9-10,16H2,1-2H3,(H,17,18). The zero-order valence-corrected chi connectivity index (χ0v) is 11.1. The Morgan fingerprint density at radius 2 is 2.17 bits per heavy atom. The molecule has 0 aliphatic heterocycles. The highest BCUT2D eigenvalue weighted by atomic mass is 16.2. The molecule has 1 amide bonds. The number of carbonyl (C=O) groups is 1.